The second-order valence-electron chi connectivity index (χ2n) is 5.87. The van der Waals surface area contributed by atoms with E-state index in [1.54, 1.807) is 0 Å². The van der Waals surface area contributed by atoms with Crippen molar-refractivity contribution in [1.82, 2.24) is 10.6 Å². The maximum atomic E-state index is 12.0. The first kappa shape index (κ1) is 15.7. The molecule has 0 aromatic heterocycles. The van der Waals surface area contributed by atoms with Crippen molar-refractivity contribution >= 4 is 5.91 Å². The molecule has 0 spiro atoms. The van der Waals surface area contributed by atoms with Gasteiger partial charge in [-0.25, -0.2) is 0 Å². The summed E-state index contributed by atoms with van der Waals surface area (Å²) < 4.78 is 5.31. The number of carbonyl (C=O) groups excluding carboxylic acids is 1. The van der Waals surface area contributed by atoms with Crippen LogP contribution in [0.3, 0.4) is 0 Å². The van der Waals surface area contributed by atoms with E-state index in [1.165, 1.54) is 16.7 Å². The summed E-state index contributed by atoms with van der Waals surface area (Å²) in [6, 6.07) is 16.5. The monoisotopic (exact) mass is 310 g/mol. The number of amides is 1. The molecular formula is C19H22N2O2. The lowest BCUT2D eigenvalue weighted by Crippen LogP contribution is -2.51. The van der Waals surface area contributed by atoms with Gasteiger partial charge in [-0.1, -0.05) is 54.1 Å². The average molecular weight is 310 g/mol. The Morgan fingerprint density at radius 2 is 2.04 bits per heavy atom. The molecule has 2 aromatic rings. The predicted molar refractivity (Wildman–Crippen MR) is 91.1 cm³/mol. The zero-order valence-corrected chi connectivity index (χ0v) is 13.3. The Hall–Kier alpha value is -2.17. The summed E-state index contributed by atoms with van der Waals surface area (Å²) in [5.74, 6) is -0.00698. The van der Waals surface area contributed by atoms with Gasteiger partial charge >= 0.3 is 0 Å². The molecule has 120 valence electrons. The molecule has 1 fully saturated rings. The van der Waals surface area contributed by atoms with Crippen molar-refractivity contribution in [2.75, 3.05) is 19.8 Å². The third-order valence-electron chi connectivity index (χ3n) is 4.01. The van der Waals surface area contributed by atoms with E-state index in [1.807, 2.05) is 0 Å². The quantitative estimate of drug-likeness (QED) is 0.911. The molecule has 0 saturated carbocycles. The maximum Gasteiger partial charge on any atom is 0.239 e. The Balaban J connectivity index is 1.58. The lowest BCUT2D eigenvalue weighted by molar-refractivity contribution is -0.126. The van der Waals surface area contributed by atoms with Crippen LogP contribution in [0, 0.1) is 6.92 Å². The molecule has 1 aliphatic rings. The first-order chi connectivity index (χ1) is 11.2. The van der Waals surface area contributed by atoms with Crippen molar-refractivity contribution < 1.29 is 9.53 Å². The molecule has 4 heteroatoms. The molecule has 1 unspecified atom stereocenters. The second-order valence-corrected chi connectivity index (χ2v) is 5.87. The van der Waals surface area contributed by atoms with Gasteiger partial charge in [-0.3, -0.25) is 4.79 Å². The summed E-state index contributed by atoms with van der Waals surface area (Å²) in [6.07, 6.45) is 0. The van der Waals surface area contributed by atoms with Crippen LogP contribution in [0.2, 0.25) is 0 Å². The minimum atomic E-state index is -0.240. The molecule has 1 amide bonds. The number of rotatable bonds is 4. The van der Waals surface area contributed by atoms with Crippen LogP contribution in [-0.2, 0) is 16.1 Å². The normalized spacial score (nSPS) is 17.7. The van der Waals surface area contributed by atoms with Gasteiger partial charge < -0.3 is 15.4 Å². The molecule has 0 aliphatic carbocycles. The molecule has 23 heavy (non-hydrogen) atoms. The van der Waals surface area contributed by atoms with Crippen LogP contribution in [-0.4, -0.2) is 31.7 Å². The third kappa shape index (κ3) is 4.18. The number of morpholine rings is 1. The van der Waals surface area contributed by atoms with E-state index in [-0.39, 0.29) is 11.9 Å². The van der Waals surface area contributed by atoms with Crippen LogP contribution in [0.15, 0.2) is 48.5 Å². The van der Waals surface area contributed by atoms with E-state index in [0.717, 1.165) is 12.1 Å². The molecule has 0 bridgehead atoms. The van der Waals surface area contributed by atoms with Crippen LogP contribution in [0.1, 0.15) is 11.1 Å². The largest absolute Gasteiger partial charge is 0.378 e. The number of ether oxygens (including phenoxy) is 1. The second kappa shape index (κ2) is 7.40. The highest BCUT2D eigenvalue weighted by Crippen LogP contribution is 2.20. The fourth-order valence-electron chi connectivity index (χ4n) is 2.69. The molecule has 2 aromatic carbocycles. The first-order valence-electron chi connectivity index (χ1n) is 7.97. The predicted octanol–water partition coefficient (Wildman–Crippen LogP) is 2.27. The van der Waals surface area contributed by atoms with Crippen LogP contribution in [0.25, 0.3) is 11.1 Å². The van der Waals surface area contributed by atoms with E-state index in [9.17, 15) is 4.79 Å². The Labute approximate surface area is 136 Å². The molecule has 1 heterocycles. The zero-order chi connectivity index (χ0) is 16.1. The molecule has 0 radical (unpaired) electrons. The SMILES string of the molecule is Cc1cccc(-c2ccc(CNC(=O)C3COCCN3)cc2)c1. The van der Waals surface area contributed by atoms with Crippen LogP contribution in [0.5, 0.6) is 0 Å². The number of hydrogen-bond acceptors (Lipinski definition) is 3. The van der Waals surface area contributed by atoms with Gasteiger partial charge in [0.1, 0.15) is 6.04 Å². The third-order valence-corrected chi connectivity index (χ3v) is 4.01. The van der Waals surface area contributed by atoms with Gasteiger partial charge in [-0.15, -0.1) is 0 Å². The summed E-state index contributed by atoms with van der Waals surface area (Å²) in [4.78, 5) is 12.0. The van der Waals surface area contributed by atoms with E-state index in [0.29, 0.717) is 19.8 Å². The van der Waals surface area contributed by atoms with E-state index in [4.69, 9.17) is 4.74 Å². The van der Waals surface area contributed by atoms with Crippen molar-refractivity contribution in [3.63, 3.8) is 0 Å². The van der Waals surface area contributed by atoms with Crippen molar-refractivity contribution in [3.05, 3.63) is 59.7 Å². The van der Waals surface area contributed by atoms with Crippen LogP contribution in [0.4, 0.5) is 0 Å². The summed E-state index contributed by atoms with van der Waals surface area (Å²) in [5, 5.41) is 6.11. The lowest BCUT2D eigenvalue weighted by Gasteiger charge is -2.22. The number of nitrogens with one attached hydrogen (secondary N) is 2. The summed E-state index contributed by atoms with van der Waals surface area (Å²) in [6.45, 7) is 4.47. The van der Waals surface area contributed by atoms with Crippen LogP contribution < -0.4 is 10.6 Å². The molecule has 1 saturated heterocycles. The zero-order valence-electron chi connectivity index (χ0n) is 13.3. The lowest BCUT2D eigenvalue weighted by atomic mass is 10.0. The van der Waals surface area contributed by atoms with Crippen LogP contribution >= 0.6 is 0 Å². The van der Waals surface area contributed by atoms with Gasteiger partial charge in [0.15, 0.2) is 0 Å². The summed E-state index contributed by atoms with van der Waals surface area (Å²) >= 11 is 0. The Bertz CT molecular complexity index is 661. The Kier molecular flexibility index (Phi) is 5.05. The fourth-order valence-corrected chi connectivity index (χ4v) is 2.69. The smallest absolute Gasteiger partial charge is 0.239 e. The number of aryl methyl sites for hydroxylation is 1. The average Bonchev–Trinajstić information content (AvgIpc) is 2.61. The van der Waals surface area contributed by atoms with Gasteiger partial charge in [0.2, 0.25) is 5.91 Å². The highest BCUT2D eigenvalue weighted by atomic mass is 16.5. The number of benzene rings is 2. The van der Waals surface area contributed by atoms with Crippen molar-refractivity contribution in [2.24, 2.45) is 0 Å². The minimum absolute atomic E-state index is 0.00698. The van der Waals surface area contributed by atoms with Gasteiger partial charge in [0, 0.05) is 13.1 Å². The van der Waals surface area contributed by atoms with Crippen molar-refractivity contribution in [3.8, 4) is 11.1 Å². The Morgan fingerprint density at radius 1 is 1.22 bits per heavy atom. The molecular weight excluding hydrogens is 288 g/mol. The van der Waals surface area contributed by atoms with E-state index < -0.39 is 0 Å². The van der Waals surface area contributed by atoms with Crippen molar-refractivity contribution in [2.45, 2.75) is 19.5 Å². The molecule has 1 aliphatic heterocycles. The Morgan fingerprint density at radius 3 is 2.74 bits per heavy atom. The minimum Gasteiger partial charge on any atom is -0.378 e. The molecule has 1 atom stereocenters. The van der Waals surface area contributed by atoms with Gasteiger partial charge in [0.05, 0.1) is 13.2 Å². The summed E-state index contributed by atoms with van der Waals surface area (Å²) in [5.41, 5.74) is 4.74. The number of carbonyl (C=O) groups is 1. The highest BCUT2D eigenvalue weighted by molar-refractivity contribution is 5.82. The van der Waals surface area contributed by atoms with Gasteiger partial charge in [-0.05, 0) is 23.6 Å². The highest BCUT2D eigenvalue weighted by Gasteiger charge is 2.20. The van der Waals surface area contributed by atoms with E-state index in [2.05, 4.69) is 66.1 Å². The number of hydrogen-bond donors (Lipinski definition) is 2. The topological polar surface area (TPSA) is 50.4 Å². The van der Waals surface area contributed by atoms with Gasteiger partial charge in [-0.2, -0.15) is 0 Å². The standard InChI is InChI=1S/C19H22N2O2/c1-14-3-2-4-17(11-14)16-7-5-15(6-8-16)12-21-19(22)18-13-23-10-9-20-18/h2-8,11,18,20H,9-10,12-13H2,1H3,(H,21,22). The molecule has 3 rings (SSSR count). The first-order valence-corrected chi connectivity index (χ1v) is 7.97. The molecule has 2 N–H and O–H groups in total. The van der Waals surface area contributed by atoms with E-state index >= 15 is 0 Å². The van der Waals surface area contributed by atoms with Crippen molar-refractivity contribution in [1.29, 1.82) is 0 Å². The fraction of sp³-hybridized carbons (Fsp3) is 0.316. The molecule has 4 nitrogen and oxygen atoms in total. The van der Waals surface area contributed by atoms with Gasteiger partial charge in [0.25, 0.3) is 0 Å². The maximum absolute atomic E-state index is 12.0. The summed E-state index contributed by atoms with van der Waals surface area (Å²) in [7, 11) is 0.